The van der Waals surface area contributed by atoms with Gasteiger partial charge in [-0.05, 0) is 56.7 Å². The van der Waals surface area contributed by atoms with E-state index in [1.165, 1.54) is 69.0 Å². The molecule has 0 aliphatic rings. The van der Waals surface area contributed by atoms with Crippen LogP contribution in [0.1, 0.15) is 57.8 Å². The van der Waals surface area contributed by atoms with E-state index in [9.17, 15) is 0 Å². The lowest BCUT2D eigenvalue weighted by Crippen LogP contribution is -2.12. The monoisotopic (exact) mass is 367 g/mol. The largest absolute Gasteiger partial charge is 0.494 e. The van der Waals surface area contributed by atoms with Crippen molar-refractivity contribution in [1.82, 2.24) is 4.90 Å². The lowest BCUT2D eigenvalue weighted by atomic mass is 10.1. The molecule has 0 bridgehead atoms. The lowest BCUT2D eigenvalue weighted by molar-refractivity contribution is 0.304. The molecule has 0 unspecified atom stereocenters. The molecule has 27 heavy (non-hydrogen) atoms. The first-order chi connectivity index (χ1) is 13.3. The van der Waals surface area contributed by atoms with Gasteiger partial charge in [-0.1, -0.05) is 87.4 Å². The van der Waals surface area contributed by atoms with Crippen LogP contribution in [0.2, 0.25) is 0 Å². The Bertz CT molecular complexity index is 609. The zero-order valence-electron chi connectivity index (χ0n) is 17.3. The standard InChI is InChI=1S/C25H37NO/c1-26(2)20-13-8-6-4-3-5-7-9-14-21-27-25-19-15-18-24(22-25)23-16-11-10-12-17-23/h10-12,15-19,22H,3-9,13-14,20-21H2,1-2H3. The van der Waals surface area contributed by atoms with Crippen LogP contribution in [0.15, 0.2) is 54.6 Å². The number of hydrogen-bond acceptors (Lipinski definition) is 2. The number of rotatable bonds is 14. The van der Waals surface area contributed by atoms with Crippen LogP contribution in [-0.4, -0.2) is 32.1 Å². The third kappa shape index (κ3) is 9.63. The summed E-state index contributed by atoms with van der Waals surface area (Å²) in [6.45, 7) is 2.05. The number of unbranched alkanes of at least 4 members (excludes halogenated alkanes) is 8. The molecule has 0 saturated heterocycles. The molecule has 0 N–H and O–H groups in total. The van der Waals surface area contributed by atoms with E-state index in [1.807, 2.05) is 0 Å². The summed E-state index contributed by atoms with van der Waals surface area (Å²) in [7, 11) is 4.31. The van der Waals surface area contributed by atoms with Crippen molar-refractivity contribution in [2.45, 2.75) is 57.8 Å². The predicted octanol–water partition coefficient (Wildman–Crippen LogP) is 6.80. The van der Waals surface area contributed by atoms with Gasteiger partial charge in [0.15, 0.2) is 0 Å². The molecule has 2 aromatic carbocycles. The third-order valence-electron chi connectivity index (χ3n) is 4.96. The van der Waals surface area contributed by atoms with Crippen LogP contribution in [0.4, 0.5) is 0 Å². The van der Waals surface area contributed by atoms with Crippen LogP contribution >= 0.6 is 0 Å². The summed E-state index contributed by atoms with van der Waals surface area (Å²) in [6, 6.07) is 18.9. The molecule has 148 valence electrons. The van der Waals surface area contributed by atoms with Gasteiger partial charge in [0.05, 0.1) is 6.61 Å². The van der Waals surface area contributed by atoms with Crippen LogP contribution in [0.3, 0.4) is 0 Å². The summed E-state index contributed by atoms with van der Waals surface area (Å²) < 4.78 is 5.96. The maximum absolute atomic E-state index is 5.96. The maximum Gasteiger partial charge on any atom is 0.119 e. The molecule has 2 rings (SSSR count). The molecule has 0 heterocycles. The van der Waals surface area contributed by atoms with Gasteiger partial charge in [-0.3, -0.25) is 0 Å². The van der Waals surface area contributed by atoms with Gasteiger partial charge in [0.25, 0.3) is 0 Å². The number of nitrogens with zero attached hydrogens (tertiary/aromatic N) is 1. The van der Waals surface area contributed by atoms with Gasteiger partial charge in [-0.15, -0.1) is 0 Å². The predicted molar refractivity (Wildman–Crippen MR) is 117 cm³/mol. The molecule has 2 nitrogen and oxygen atoms in total. The molecule has 0 aromatic heterocycles. The zero-order chi connectivity index (χ0) is 19.2. The Balaban J connectivity index is 1.49. The maximum atomic E-state index is 5.96. The fourth-order valence-electron chi connectivity index (χ4n) is 3.35. The SMILES string of the molecule is CN(C)CCCCCCCCCCCOc1cccc(-c2ccccc2)c1. The van der Waals surface area contributed by atoms with E-state index in [0.717, 1.165) is 18.8 Å². The van der Waals surface area contributed by atoms with Crippen LogP contribution < -0.4 is 4.74 Å². The number of ether oxygens (including phenoxy) is 1. The van der Waals surface area contributed by atoms with E-state index in [4.69, 9.17) is 4.74 Å². The van der Waals surface area contributed by atoms with Crippen molar-refractivity contribution >= 4 is 0 Å². The molecule has 0 spiro atoms. The molecule has 0 amide bonds. The highest BCUT2D eigenvalue weighted by Gasteiger charge is 2.00. The molecule has 0 fully saturated rings. The molecule has 0 atom stereocenters. The average molecular weight is 368 g/mol. The first-order valence-corrected chi connectivity index (χ1v) is 10.7. The minimum absolute atomic E-state index is 0.822. The van der Waals surface area contributed by atoms with Gasteiger partial charge in [0.1, 0.15) is 5.75 Å². The van der Waals surface area contributed by atoms with Crippen molar-refractivity contribution in [3.63, 3.8) is 0 Å². The second-order valence-electron chi connectivity index (χ2n) is 7.73. The second-order valence-corrected chi connectivity index (χ2v) is 7.73. The highest BCUT2D eigenvalue weighted by atomic mass is 16.5. The molecule has 0 aliphatic heterocycles. The Morgan fingerprint density at radius 3 is 1.89 bits per heavy atom. The minimum atomic E-state index is 0.822. The van der Waals surface area contributed by atoms with Gasteiger partial charge in [-0.25, -0.2) is 0 Å². The van der Waals surface area contributed by atoms with Gasteiger partial charge in [-0.2, -0.15) is 0 Å². The van der Waals surface area contributed by atoms with Crippen molar-refractivity contribution in [2.75, 3.05) is 27.2 Å². The molecule has 0 radical (unpaired) electrons. The first-order valence-electron chi connectivity index (χ1n) is 10.7. The lowest BCUT2D eigenvalue weighted by Gasteiger charge is -2.09. The Morgan fingerprint density at radius 2 is 1.22 bits per heavy atom. The van der Waals surface area contributed by atoms with E-state index < -0.39 is 0 Å². The zero-order valence-corrected chi connectivity index (χ0v) is 17.3. The van der Waals surface area contributed by atoms with Crippen molar-refractivity contribution in [1.29, 1.82) is 0 Å². The van der Waals surface area contributed by atoms with Gasteiger partial charge in [0.2, 0.25) is 0 Å². The Kier molecular flexibility index (Phi) is 10.7. The Hall–Kier alpha value is -1.80. The quantitative estimate of drug-likeness (QED) is 0.340. The normalized spacial score (nSPS) is 11.1. The smallest absolute Gasteiger partial charge is 0.119 e. The highest BCUT2D eigenvalue weighted by molar-refractivity contribution is 5.64. The van der Waals surface area contributed by atoms with E-state index in [2.05, 4.69) is 73.6 Å². The summed E-state index contributed by atoms with van der Waals surface area (Å²) in [4.78, 5) is 2.28. The summed E-state index contributed by atoms with van der Waals surface area (Å²) in [5, 5.41) is 0. The van der Waals surface area contributed by atoms with Crippen LogP contribution in [-0.2, 0) is 0 Å². The van der Waals surface area contributed by atoms with E-state index in [-0.39, 0.29) is 0 Å². The second kappa shape index (κ2) is 13.4. The average Bonchev–Trinajstić information content (AvgIpc) is 2.69. The van der Waals surface area contributed by atoms with Gasteiger partial charge in [0, 0.05) is 0 Å². The molecule has 2 aromatic rings. The molecule has 0 aliphatic carbocycles. The van der Waals surface area contributed by atoms with Crippen molar-refractivity contribution < 1.29 is 4.74 Å². The van der Waals surface area contributed by atoms with Crippen molar-refractivity contribution in [3.8, 4) is 16.9 Å². The van der Waals surface area contributed by atoms with Crippen LogP contribution in [0.25, 0.3) is 11.1 Å². The molecular formula is C25H37NO. The van der Waals surface area contributed by atoms with Crippen LogP contribution in [0.5, 0.6) is 5.75 Å². The van der Waals surface area contributed by atoms with E-state index in [0.29, 0.717) is 0 Å². The third-order valence-corrected chi connectivity index (χ3v) is 4.96. The topological polar surface area (TPSA) is 12.5 Å². The van der Waals surface area contributed by atoms with Gasteiger partial charge >= 0.3 is 0 Å². The molecule has 2 heteroatoms. The molecular weight excluding hydrogens is 330 g/mol. The van der Waals surface area contributed by atoms with Gasteiger partial charge < -0.3 is 9.64 Å². The van der Waals surface area contributed by atoms with Crippen LogP contribution in [0, 0.1) is 0 Å². The fourth-order valence-corrected chi connectivity index (χ4v) is 3.35. The first kappa shape index (κ1) is 21.5. The summed E-state index contributed by atoms with van der Waals surface area (Å²) in [5.41, 5.74) is 2.46. The van der Waals surface area contributed by atoms with E-state index in [1.54, 1.807) is 0 Å². The number of benzene rings is 2. The number of hydrogen-bond donors (Lipinski definition) is 0. The highest BCUT2D eigenvalue weighted by Crippen LogP contribution is 2.23. The summed E-state index contributed by atoms with van der Waals surface area (Å²) in [5.74, 6) is 0.981. The Morgan fingerprint density at radius 1 is 0.630 bits per heavy atom. The summed E-state index contributed by atoms with van der Waals surface area (Å²) >= 11 is 0. The van der Waals surface area contributed by atoms with Crippen molar-refractivity contribution in [3.05, 3.63) is 54.6 Å². The molecule has 0 saturated carbocycles. The minimum Gasteiger partial charge on any atom is -0.494 e. The summed E-state index contributed by atoms with van der Waals surface area (Å²) in [6.07, 6.45) is 12.1. The van der Waals surface area contributed by atoms with E-state index >= 15 is 0 Å². The Labute approximate surface area is 166 Å². The fraction of sp³-hybridized carbons (Fsp3) is 0.520. The van der Waals surface area contributed by atoms with Crippen molar-refractivity contribution in [2.24, 2.45) is 0 Å².